The molecule has 3 heteroatoms. The monoisotopic (exact) mass is 184 g/mol. The van der Waals surface area contributed by atoms with Crippen molar-refractivity contribution in [3.05, 3.63) is 0 Å². The van der Waals surface area contributed by atoms with E-state index in [1.165, 1.54) is 6.42 Å². The van der Waals surface area contributed by atoms with Gasteiger partial charge in [-0.1, -0.05) is 6.42 Å². The molecule has 74 valence electrons. The molecule has 2 atom stereocenters. The van der Waals surface area contributed by atoms with Crippen molar-refractivity contribution in [3.63, 3.8) is 0 Å². The molecule has 13 heavy (non-hydrogen) atoms. The molecule has 2 fully saturated rings. The zero-order valence-electron chi connectivity index (χ0n) is 7.74. The number of aliphatic carboxylic acids is 1. The van der Waals surface area contributed by atoms with Gasteiger partial charge >= 0.3 is 5.97 Å². The van der Waals surface area contributed by atoms with Crippen molar-refractivity contribution in [1.82, 2.24) is 0 Å². The third-order valence-electron chi connectivity index (χ3n) is 3.31. The van der Waals surface area contributed by atoms with Crippen molar-refractivity contribution < 1.29 is 14.6 Å². The molecule has 0 spiro atoms. The highest BCUT2D eigenvalue weighted by atomic mass is 16.5. The predicted molar refractivity (Wildman–Crippen MR) is 47.4 cm³/mol. The molecule has 0 radical (unpaired) electrons. The van der Waals surface area contributed by atoms with E-state index in [-0.39, 0.29) is 12.0 Å². The van der Waals surface area contributed by atoms with Crippen molar-refractivity contribution in [2.45, 2.75) is 38.2 Å². The maximum Gasteiger partial charge on any atom is 0.309 e. The molecule has 0 aromatic rings. The Morgan fingerprint density at radius 1 is 1.31 bits per heavy atom. The normalized spacial score (nSPS) is 31.2. The lowest BCUT2D eigenvalue weighted by Gasteiger charge is -2.33. The standard InChI is InChI=1S/C10H16O3/c11-10(12)9(7-3-1-4-7)8-5-2-6-13-8/h7-9H,1-6H2,(H,11,12). The van der Waals surface area contributed by atoms with Gasteiger partial charge in [-0.2, -0.15) is 0 Å². The molecule has 0 aromatic carbocycles. The minimum atomic E-state index is -0.656. The fraction of sp³-hybridized carbons (Fsp3) is 0.900. The Labute approximate surface area is 78.1 Å². The van der Waals surface area contributed by atoms with Crippen LogP contribution in [0, 0.1) is 11.8 Å². The van der Waals surface area contributed by atoms with E-state index in [1.54, 1.807) is 0 Å². The van der Waals surface area contributed by atoms with Crippen LogP contribution in [-0.4, -0.2) is 23.8 Å². The number of ether oxygens (including phenoxy) is 1. The highest BCUT2D eigenvalue weighted by molar-refractivity contribution is 5.71. The summed E-state index contributed by atoms with van der Waals surface area (Å²) in [6.45, 7) is 0.751. The van der Waals surface area contributed by atoms with E-state index < -0.39 is 5.97 Å². The van der Waals surface area contributed by atoms with Gasteiger partial charge < -0.3 is 9.84 Å². The molecule has 0 amide bonds. The summed E-state index contributed by atoms with van der Waals surface area (Å²) in [7, 11) is 0. The summed E-state index contributed by atoms with van der Waals surface area (Å²) >= 11 is 0. The molecule has 1 aliphatic carbocycles. The first-order valence-electron chi connectivity index (χ1n) is 5.13. The van der Waals surface area contributed by atoms with E-state index >= 15 is 0 Å². The summed E-state index contributed by atoms with van der Waals surface area (Å²) in [6.07, 6.45) is 5.33. The summed E-state index contributed by atoms with van der Waals surface area (Å²) in [5, 5.41) is 9.09. The topological polar surface area (TPSA) is 46.5 Å². The van der Waals surface area contributed by atoms with Crippen molar-refractivity contribution in [1.29, 1.82) is 0 Å². The van der Waals surface area contributed by atoms with Gasteiger partial charge in [-0.25, -0.2) is 0 Å². The van der Waals surface area contributed by atoms with E-state index in [2.05, 4.69) is 0 Å². The third-order valence-corrected chi connectivity index (χ3v) is 3.31. The first kappa shape index (κ1) is 9.00. The summed E-state index contributed by atoms with van der Waals surface area (Å²) in [6, 6.07) is 0. The molecule has 2 rings (SSSR count). The van der Waals surface area contributed by atoms with E-state index in [9.17, 15) is 4.79 Å². The lowest BCUT2D eigenvalue weighted by molar-refractivity contribution is -0.150. The van der Waals surface area contributed by atoms with Crippen LogP contribution in [0.5, 0.6) is 0 Å². The van der Waals surface area contributed by atoms with Gasteiger partial charge in [0.25, 0.3) is 0 Å². The van der Waals surface area contributed by atoms with Crippen molar-refractivity contribution in [3.8, 4) is 0 Å². The fourth-order valence-corrected chi connectivity index (χ4v) is 2.35. The average molecular weight is 184 g/mol. The maximum atomic E-state index is 11.0. The predicted octanol–water partition coefficient (Wildman–Crippen LogP) is 1.67. The largest absolute Gasteiger partial charge is 0.481 e. The molecule has 0 aromatic heterocycles. The zero-order valence-corrected chi connectivity index (χ0v) is 7.74. The van der Waals surface area contributed by atoms with Gasteiger partial charge in [0.2, 0.25) is 0 Å². The van der Waals surface area contributed by atoms with Crippen LogP contribution in [0.3, 0.4) is 0 Å². The minimum Gasteiger partial charge on any atom is -0.481 e. The molecule has 1 aliphatic heterocycles. The molecule has 1 saturated heterocycles. The molecular formula is C10H16O3. The van der Waals surface area contributed by atoms with Crippen LogP contribution in [0.4, 0.5) is 0 Å². The second-order valence-corrected chi connectivity index (χ2v) is 4.11. The number of rotatable bonds is 3. The third kappa shape index (κ3) is 1.70. The summed E-state index contributed by atoms with van der Waals surface area (Å²) in [4.78, 5) is 11.0. The number of carboxylic acids is 1. The Kier molecular flexibility index (Phi) is 2.54. The minimum absolute atomic E-state index is 0.00259. The van der Waals surface area contributed by atoms with E-state index in [1.807, 2.05) is 0 Å². The molecule has 1 N–H and O–H groups in total. The molecule has 1 heterocycles. The van der Waals surface area contributed by atoms with Crippen LogP contribution < -0.4 is 0 Å². The summed E-state index contributed by atoms with van der Waals surface area (Å²) in [5.74, 6) is -0.492. The van der Waals surface area contributed by atoms with Crippen LogP contribution in [0.25, 0.3) is 0 Å². The molecule has 0 bridgehead atoms. The van der Waals surface area contributed by atoms with Gasteiger partial charge in [0.15, 0.2) is 0 Å². The smallest absolute Gasteiger partial charge is 0.309 e. The number of hydrogen-bond donors (Lipinski definition) is 1. The first-order chi connectivity index (χ1) is 6.29. The highest BCUT2D eigenvalue weighted by Gasteiger charge is 2.40. The van der Waals surface area contributed by atoms with Crippen LogP contribution >= 0.6 is 0 Å². The quantitative estimate of drug-likeness (QED) is 0.725. The van der Waals surface area contributed by atoms with Gasteiger partial charge in [-0.15, -0.1) is 0 Å². The van der Waals surface area contributed by atoms with Gasteiger partial charge in [0, 0.05) is 6.61 Å². The van der Waals surface area contributed by atoms with E-state index in [4.69, 9.17) is 9.84 Å². The first-order valence-corrected chi connectivity index (χ1v) is 5.13. The van der Waals surface area contributed by atoms with E-state index in [0.717, 1.165) is 32.3 Å². The van der Waals surface area contributed by atoms with Gasteiger partial charge in [0.05, 0.1) is 12.0 Å². The SMILES string of the molecule is O=C(O)C(C1CCC1)C1CCCO1. The summed E-state index contributed by atoms with van der Waals surface area (Å²) < 4.78 is 5.45. The fourth-order valence-electron chi connectivity index (χ4n) is 2.35. The number of carbonyl (C=O) groups is 1. The Hall–Kier alpha value is -0.570. The average Bonchev–Trinajstić information content (AvgIpc) is 2.46. The van der Waals surface area contributed by atoms with E-state index in [0.29, 0.717) is 5.92 Å². The van der Waals surface area contributed by atoms with Gasteiger partial charge in [0.1, 0.15) is 0 Å². The lowest BCUT2D eigenvalue weighted by atomic mass is 9.73. The highest BCUT2D eigenvalue weighted by Crippen LogP contribution is 2.38. The number of carboxylic acid groups (broad SMARTS) is 1. The van der Waals surface area contributed by atoms with Crippen molar-refractivity contribution in [2.75, 3.05) is 6.61 Å². The number of hydrogen-bond acceptors (Lipinski definition) is 2. The van der Waals surface area contributed by atoms with Gasteiger partial charge in [-0.3, -0.25) is 4.79 Å². The Balaban J connectivity index is 1.98. The molecule has 2 aliphatic rings. The van der Waals surface area contributed by atoms with Crippen LogP contribution in [0.15, 0.2) is 0 Å². The Morgan fingerprint density at radius 2 is 2.08 bits per heavy atom. The molecular weight excluding hydrogens is 168 g/mol. The zero-order chi connectivity index (χ0) is 9.26. The second kappa shape index (κ2) is 3.66. The lowest BCUT2D eigenvalue weighted by Crippen LogP contribution is -2.37. The Bertz CT molecular complexity index is 192. The van der Waals surface area contributed by atoms with Crippen LogP contribution in [0.2, 0.25) is 0 Å². The molecule has 3 nitrogen and oxygen atoms in total. The Morgan fingerprint density at radius 3 is 2.46 bits per heavy atom. The second-order valence-electron chi connectivity index (χ2n) is 4.11. The van der Waals surface area contributed by atoms with Crippen molar-refractivity contribution in [2.24, 2.45) is 11.8 Å². The maximum absolute atomic E-state index is 11.0. The molecule has 1 saturated carbocycles. The van der Waals surface area contributed by atoms with Crippen molar-refractivity contribution >= 4 is 5.97 Å². The van der Waals surface area contributed by atoms with Gasteiger partial charge in [-0.05, 0) is 31.6 Å². The molecule has 2 unspecified atom stereocenters. The van der Waals surface area contributed by atoms with Crippen LogP contribution in [0.1, 0.15) is 32.1 Å². The van der Waals surface area contributed by atoms with Crippen LogP contribution in [-0.2, 0) is 9.53 Å². The summed E-state index contributed by atoms with van der Waals surface area (Å²) in [5.41, 5.74) is 0.